The Labute approximate surface area is 113 Å². The zero-order chi connectivity index (χ0) is 13.0. The summed E-state index contributed by atoms with van der Waals surface area (Å²) in [6, 6.07) is 0.593. The third kappa shape index (κ3) is 3.48. The average molecular weight is 253 g/mol. The third-order valence-electron chi connectivity index (χ3n) is 5.11. The molecule has 0 spiro atoms. The van der Waals surface area contributed by atoms with Crippen LogP contribution in [0, 0.1) is 17.8 Å². The first-order valence-corrected chi connectivity index (χ1v) is 8.09. The van der Waals surface area contributed by atoms with Crippen LogP contribution < -0.4 is 5.32 Å². The molecule has 2 aliphatic carbocycles. The second-order valence-electron chi connectivity index (χ2n) is 6.26. The van der Waals surface area contributed by atoms with Crippen molar-refractivity contribution in [2.75, 3.05) is 13.7 Å². The van der Waals surface area contributed by atoms with Gasteiger partial charge in [-0.15, -0.1) is 0 Å². The minimum absolute atomic E-state index is 0.475. The summed E-state index contributed by atoms with van der Waals surface area (Å²) in [5.74, 6) is 2.67. The SMILES string of the molecule is CCOC(C1CC1)C(NC)C1CCC(CC)CC1. The van der Waals surface area contributed by atoms with Crippen molar-refractivity contribution >= 4 is 0 Å². The van der Waals surface area contributed by atoms with Crippen molar-refractivity contribution in [3.8, 4) is 0 Å². The van der Waals surface area contributed by atoms with Crippen molar-refractivity contribution in [2.24, 2.45) is 17.8 Å². The van der Waals surface area contributed by atoms with E-state index in [0.29, 0.717) is 12.1 Å². The topological polar surface area (TPSA) is 21.3 Å². The van der Waals surface area contributed by atoms with Gasteiger partial charge in [0, 0.05) is 12.6 Å². The smallest absolute Gasteiger partial charge is 0.0758 e. The van der Waals surface area contributed by atoms with E-state index in [4.69, 9.17) is 4.74 Å². The van der Waals surface area contributed by atoms with Crippen molar-refractivity contribution in [3.05, 3.63) is 0 Å². The first-order chi connectivity index (χ1) is 8.80. The monoisotopic (exact) mass is 253 g/mol. The Morgan fingerprint density at radius 1 is 1.00 bits per heavy atom. The van der Waals surface area contributed by atoms with Crippen LogP contribution in [-0.4, -0.2) is 25.8 Å². The summed E-state index contributed by atoms with van der Waals surface area (Å²) >= 11 is 0. The molecule has 2 aliphatic rings. The van der Waals surface area contributed by atoms with Gasteiger partial charge in [0.15, 0.2) is 0 Å². The molecule has 0 aromatic heterocycles. The van der Waals surface area contributed by atoms with Gasteiger partial charge in [-0.3, -0.25) is 0 Å². The van der Waals surface area contributed by atoms with Gasteiger partial charge in [0.2, 0.25) is 0 Å². The van der Waals surface area contributed by atoms with Gasteiger partial charge in [0.25, 0.3) is 0 Å². The zero-order valence-corrected chi connectivity index (χ0v) is 12.5. The summed E-state index contributed by atoms with van der Waals surface area (Å²) in [7, 11) is 2.13. The quantitative estimate of drug-likeness (QED) is 0.748. The highest BCUT2D eigenvalue weighted by Gasteiger charge is 2.40. The molecular formula is C16H31NO. The molecule has 0 heterocycles. The normalized spacial score (nSPS) is 32.2. The highest BCUT2D eigenvalue weighted by molar-refractivity contribution is 4.94. The molecule has 0 amide bonds. The molecule has 0 aromatic carbocycles. The van der Waals surface area contributed by atoms with E-state index in [-0.39, 0.29) is 0 Å². The predicted octanol–water partition coefficient (Wildman–Crippen LogP) is 3.61. The van der Waals surface area contributed by atoms with E-state index in [9.17, 15) is 0 Å². The largest absolute Gasteiger partial charge is 0.377 e. The number of nitrogens with one attached hydrogen (secondary N) is 1. The molecule has 0 bridgehead atoms. The van der Waals surface area contributed by atoms with Crippen molar-refractivity contribution < 1.29 is 4.74 Å². The summed E-state index contributed by atoms with van der Waals surface area (Å²) < 4.78 is 6.06. The van der Waals surface area contributed by atoms with E-state index in [1.165, 1.54) is 44.9 Å². The second-order valence-corrected chi connectivity index (χ2v) is 6.26. The standard InChI is InChI=1S/C16H31NO/c1-4-12-6-8-13(9-7-12)15(17-3)16(18-5-2)14-10-11-14/h12-17H,4-11H2,1-3H3. The van der Waals surface area contributed by atoms with Gasteiger partial charge < -0.3 is 10.1 Å². The Hall–Kier alpha value is -0.0800. The average Bonchev–Trinajstić information content (AvgIpc) is 3.23. The van der Waals surface area contributed by atoms with E-state index in [2.05, 4.69) is 26.2 Å². The summed E-state index contributed by atoms with van der Waals surface area (Å²) in [5, 5.41) is 3.59. The molecule has 1 N–H and O–H groups in total. The Morgan fingerprint density at radius 2 is 1.61 bits per heavy atom. The van der Waals surface area contributed by atoms with Gasteiger partial charge >= 0.3 is 0 Å². The highest BCUT2D eigenvalue weighted by atomic mass is 16.5. The maximum absolute atomic E-state index is 6.06. The zero-order valence-electron chi connectivity index (χ0n) is 12.5. The van der Waals surface area contributed by atoms with Crippen molar-refractivity contribution in [3.63, 3.8) is 0 Å². The van der Waals surface area contributed by atoms with E-state index in [0.717, 1.165) is 24.4 Å². The van der Waals surface area contributed by atoms with E-state index < -0.39 is 0 Å². The van der Waals surface area contributed by atoms with Crippen molar-refractivity contribution in [1.29, 1.82) is 0 Å². The lowest BCUT2D eigenvalue weighted by molar-refractivity contribution is -0.00265. The molecule has 2 unspecified atom stereocenters. The summed E-state index contributed by atoms with van der Waals surface area (Å²) in [6.45, 7) is 5.34. The Kier molecular flexibility index (Phi) is 5.50. The fraction of sp³-hybridized carbons (Fsp3) is 1.00. The number of hydrogen-bond acceptors (Lipinski definition) is 2. The van der Waals surface area contributed by atoms with Gasteiger partial charge in [0.05, 0.1) is 6.10 Å². The molecule has 0 aromatic rings. The molecule has 0 saturated heterocycles. The van der Waals surface area contributed by atoms with Gasteiger partial charge in [-0.2, -0.15) is 0 Å². The van der Waals surface area contributed by atoms with Crippen molar-refractivity contribution in [2.45, 2.75) is 70.9 Å². The fourth-order valence-electron chi connectivity index (χ4n) is 3.77. The van der Waals surface area contributed by atoms with Crippen LogP contribution >= 0.6 is 0 Å². The lowest BCUT2D eigenvalue weighted by Crippen LogP contribution is -2.47. The Morgan fingerprint density at radius 3 is 2.06 bits per heavy atom. The van der Waals surface area contributed by atoms with Crippen LogP contribution in [0.4, 0.5) is 0 Å². The number of rotatable bonds is 7. The first-order valence-electron chi connectivity index (χ1n) is 8.09. The molecule has 0 radical (unpaired) electrons. The molecular weight excluding hydrogens is 222 g/mol. The lowest BCUT2D eigenvalue weighted by Gasteiger charge is -2.37. The molecule has 2 atom stereocenters. The minimum Gasteiger partial charge on any atom is -0.377 e. The lowest BCUT2D eigenvalue weighted by atomic mass is 9.75. The van der Waals surface area contributed by atoms with E-state index >= 15 is 0 Å². The van der Waals surface area contributed by atoms with Gasteiger partial charge in [-0.1, -0.05) is 26.2 Å². The van der Waals surface area contributed by atoms with Gasteiger partial charge in [-0.25, -0.2) is 0 Å². The van der Waals surface area contributed by atoms with Crippen LogP contribution in [0.25, 0.3) is 0 Å². The molecule has 2 saturated carbocycles. The third-order valence-corrected chi connectivity index (χ3v) is 5.11. The molecule has 106 valence electrons. The van der Waals surface area contributed by atoms with Crippen LogP contribution in [0.2, 0.25) is 0 Å². The fourth-order valence-corrected chi connectivity index (χ4v) is 3.77. The second kappa shape index (κ2) is 6.91. The first kappa shape index (κ1) is 14.3. The molecule has 2 heteroatoms. The summed E-state index contributed by atoms with van der Waals surface area (Å²) in [5.41, 5.74) is 0. The summed E-state index contributed by atoms with van der Waals surface area (Å²) in [6.07, 6.45) is 10.3. The molecule has 18 heavy (non-hydrogen) atoms. The van der Waals surface area contributed by atoms with Crippen LogP contribution in [0.5, 0.6) is 0 Å². The van der Waals surface area contributed by atoms with Gasteiger partial charge in [-0.05, 0) is 57.4 Å². The van der Waals surface area contributed by atoms with Crippen LogP contribution in [0.3, 0.4) is 0 Å². The number of likely N-dealkylation sites (N-methyl/N-ethyl adjacent to an activating group) is 1. The van der Waals surface area contributed by atoms with Gasteiger partial charge in [0.1, 0.15) is 0 Å². The van der Waals surface area contributed by atoms with Crippen LogP contribution in [0.1, 0.15) is 58.8 Å². The van der Waals surface area contributed by atoms with Crippen molar-refractivity contribution in [1.82, 2.24) is 5.32 Å². The van der Waals surface area contributed by atoms with E-state index in [1.807, 2.05) is 0 Å². The molecule has 0 aliphatic heterocycles. The highest BCUT2D eigenvalue weighted by Crippen LogP contribution is 2.40. The Balaban J connectivity index is 1.90. The van der Waals surface area contributed by atoms with Crippen LogP contribution in [-0.2, 0) is 4.74 Å². The maximum atomic E-state index is 6.06. The number of hydrogen-bond donors (Lipinski definition) is 1. The van der Waals surface area contributed by atoms with Crippen LogP contribution in [0.15, 0.2) is 0 Å². The summed E-state index contributed by atoms with van der Waals surface area (Å²) in [4.78, 5) is 0. The Bertz CT molecular complexity index is 231. The maximum Gasteiger partial charge on any atom is 0.0758 e. The van der Waals surface area contributed by atoms with E-state index in [1.54, 1.807) is 0 Å². The molecule has 2 rings (SSSR count). The minimum atomic E-state index is 0.475. The number of ether oxygens (including phenoxy) is 1. The molecule has 2 nitrogen and oxygen atoms in total. The molecule has 2 fully saturated rings. The predicted molar refractivity (Wildman–Crippen MR) is 76.7 cm³/mol.